The molecule has 0 atom stereocenters. The van der Waals surface area contributed by atoms with Gasteiger partial charge in [-0.25, -0.2) is 0 Å². The molecule has 0 amide bonds. The van der Waals surface area contributed by atoms with Crippen molar-refractivity contribution in [3.63, 3.8) is 0 Å². The number of rotatable bonds is 6. The summed E-state index contributed by atoms with van der Waals surface area (Å²) >= 11 is 0. The molecule has 0 unspecified atom stereocenters. The van der Waals surface area contributed by atoms with Crippen LogP contribution in [0.2, 0.25) is 0 Å². The van der Waals surface area contributed by atoms with Crippen LogP contribution in [-0.4, -0.2) is 26.7 Å². The van der Waals surface area contributed by atoms with Crippen LogP contribution in [0, 0.1) is 24.7 Å². The highest BCUT2D eigenvalue weighted by molar-refractivity contribution is 7.90. The van der Waals surface area contributed by atoms with Crippen molar-refractivity contribution in [2.45, 2.75) is 27.2 Å². The zero-order valence-corrected chi connectivity index (χ0v) is 13.4. The number of nitrogens with one attached hydrogen (secondary N) is 2. The number of aryl methyl sites for hydroxylation is 1. The summed E-state index contributed by atoms with van der Waals surface area (Å²) in [5, 5.41) is 8.71. The average molecular weight is 310 g/mol. The summed E-state index contributed by atoms with van der Waals surface area (Å²) in [6, 6.07) is 5.28. The molecule has 5 nitrogen and oxygen atoms in total. The quantitative estimate of drug-likeness (QED) is 0.699. The minimum Gasteiger partial charge on any atom is -0.395 e. The van der Waals surface area contributed by atoms with Gasteiger partial charge in [0.05, 0.1) is 12.3 Å². The topological polar surface area (TPSA) is 78.4 Å². The standard InChI is InChI=1S/C15H22N2O3S/c1-12(2)11-16-21(19,20)17-15-9-13(3)8-14(10-15)6-4-5-7-18/h8-10,12,16-18H,5,7,11H2,1-3H3. The lowest BCUT2D eigenvalue weighted by Gasteiger charge is -2.11. The first-order chi connectivity index (χ1) is 9.82. The zero-order chi connectivity index (χ0) is 15.9. The first-order valence-corrected chi connectivity index (χ1v) is 8.29. The molecule has 0 saturated carbocycles. The molecule has 0 heterocycles. The Hall–Kier alpha value is -1.55. The SMILES string of the molecule is Cc1cc(C#CCCO)cc(NS(=O)(=O)NCC(C)C)c1. The van der Waals surface area contributed by atoms with E-state index in [-0.39, 0.29) is 12.5 Å². The summed E-state index contributed by atoms with van der Waals surface area (Å²) in [4.78, 5) is 0. The summed E-state index contributed by atoms with van der Waals surface area (Å²) in [6.45, 7) is 6.13. The Morgan fingerprint density at radius 2 is 2.00 bits per heavy atom. The molecule has 3 N–H and O–H groups in total. The van der Waals surface area contributed by atoms with E-state index in [1.54, 1.807) is 12.1 Å². The smallest absolute Gasteiger partial charge is 0.299 e. The Balaban J connectivity index is 2.86. The fourth-order valence-electron chi connectivity index (χ4n) is 1.60. The van der Waals surface area contributed by atoms with Crippen LogP contribution in [0.25, 0.3) is 0 Å². The second-order valence-electron chi connectivity index (χ2n) is 5.21. The van der Waals surface area contributed by atoms with Crippen molar-refractivity contribution in [2.75, 3.05) is 17.9 Å². The third-order valence-electron chi connectivity index (χ3n) is 2.48. The number of anilines is 1. The normalized spacial score (nSPS) is 11.1. The maximum atomic E-state index is 11.9. The fraction of sp³-hybridized carbons (Fsp3) is 0.467. The molecule has 1 aromatic rings. The maximum Gasteiger partial charge on any atom is 0.299 e. The Bertz CT molecular complexity index is 628. The molecule has 1 rings (SSSR count). The van der Waals surface area contributed by atoms with E-state index >= 15 is 0 Å². The molecule has 6 heteroatoms. The minimum atomic E-state index is -3.58. The molecule has 116 valence electrons. The van der Waals surface area contributed by atoms with Crippen molar-refractivity contribution in [1.29, 1.82) is 0 Å². The van der Waals surface area contributed by atoms with E-state index in [2.05, 4.69) is 21.3 Å². The van der Waals surface area contributed by atoms with Gasteiger partial charge in [-0.1, -0.05) is 25.7 Å². The lowest BCUT2D eigenvalue weighted by molar-refractivity contribution is 0.305. The van der Waals surface area contributed by atoms with Crippen molar-refractivity contribution in [3.8, 4) is 11.8 Å². The molecule has 0 aliphatic rings. The average Bonchev–Trinajstić information content (AvgIpc) is 2.35. The Morgan fingerprint density at radius 3 is 2.62 bits per heavy atom. The van der Waals surface area contributed by atoms with Crippen LogP contribution in [0.1, 0.15) is 31.4 Å². The number of hydrogen-bond acceptors (Lipinski definition) is 3. The molecule has 0 fully saturated rings. The lowest BCUT2D eigenvalue weighted by atomic mass is 10.1. The summed E-state index contributed by atoms with van der Waals surface area (Å²) in [7, 11) is -3.58. The van der Waals surface area contributed by atoms with E-state index in [1.807, 2.05) is 26.8 Å². The van der Waals surface area contributed by atoms with Crippen LogP contribution in [-0.2, 0) is 10.2 Å². The molecular formula is C15H22N2O3S. The van der Waals surface area contributed by atoms with E-state index in [4.69, 9.17) is 5.11 Å². The number of aliphatic hydroxyl groups excluding tert-OH is 1. The van der Waals surface area contributed by atoms with Crippen LogP contribution < -0.4 is 9.44 Å². The number of aliphatic hydroxyl groups is 1. The molecule has 0 radical (unpaired) electrons. The maximum absolute atomic E-state index is 11.9. The predicted molar refractivity (Wildman–Crippen MR) is 85.1 cm³/mol. The van der Waals surface area contributed by atoms with E-state index in [9.17, 15) is 8.42 Å². The summed E-state index contributed by atoms with van der Waals surface area (Å²) in [6.07, 6.45) is 0.394. The molecule has 0 aliphatic carbocycles. The van der Waals surface area contributed by atoms with E-state index in [1.165, 1.54) is 0 Å². The van der Waals surface area contributed by atoms with Gasteiger partial charge < -0.3 is 5.11 Å². The number of benzene rings is 1. The van der Waals surface area contributed by atoms with Crippen molar-refractivity contribution in [3.05, 3.63) is 29.3 Å². The van der Waals surface area contributed by atoms with E-state index in [0.717, 1.165) is 5.56 Å². The highest BCUT2D eigenvalue weighted by Gasteiger charge is 2.10. The van der Waals surface area contributed by atoms with Crippen molar-refractivity contribution < 1.29 is 13.5 Å². The molecule has 0 bridgehead atoms. The monoisotopic (exact) mass is 310 g/mol. The van der Waals surface area contributed by atoms with Gasteiger partial charge in [0.15, 0.2) is 0 Å². The van der Waals surface area contributed by atoms with Gasteiger partial charge in [-0.2, -0.15) is 13.1 Å². The first kappa shape index (κ1) is 17.5. The van der Waals surface area contributed by atoms with Gasteiger partial charge in [-0.3, -0.25) is 4.72 Å². The first-order valence-electron chi connectivity index (χ1n) is 6.81. The zero-order valence-electron chi connectivity index (χ0n) is 12.6. The third kappa shape index (κ3) is 7.14. The Kier molecular flexibility index (Phi) is 6.69. The minimum absolute atomic E-state index is 0.0113. The van der Waals surface area contributed by atoms with Crippen LogP contribution in [0.3, 0.4) is 0 Å². The fourth-order valence-corrected chi connectivity index (χ4v) is 2.66. The number of hydrogen-bond donors (Lipinski definition) is 3. The van der Waals surface area contributed by atoms with Gasteiger partial charge >= 0.3 is 0 Å². The summed E-state index contributed by atoms with van der Waals surface area (Å²) in [5.41, 5.74) is 2.09. The molecule has 0 aliphatic heterocycles. The molecule has 21 heavy (non-hydrogen) atoms. The lowest BCUT2D eigenvalue weighted by Crippen LogP contribution is -2.32. The van der Waals surface area contributed by atoms with Gasteiger partial charge in [0.2, 0.25) is 0 Å². The second-order valence-corrected chi connectivity index (χ2v) is 6.71. The van der Waals surface area contributed by atoms with Crippen LogP contribution in [0.4, 0.5) is 5.69 Å². The van der Waals surface area contributed by atoms with Gasteiger partial charge in [0.1, 0.15) is 0 Å². The van der Waals surface area contributed by atoms with Crippen LogP contribution in [0.5, 0.6) is 0 Å². The molecule has 0 spiro atoms. The van der Waals surface area contributed by atoms with E-state index < -0.39 is 10.2 Å². The van der Waals surface area contributed by atoms with Gasteiger partial charge in [-0.15, -0.1) is 0 Å². The van der Waals surface area contributed by atoms with E-state index in [0.29, 0.717) is 24.2 Å². The molecule has 1 aromatic carbocycles. The van der Waals surface area contributed by atoms with Crippen LogP contribution in [0.15, 0.2) is 18.2 Å². The predicted octanol–water partition coefficient (Wildman–Crippen LogP) is 1.63. The van der Waals surface area contributed by atoms with Gasteiger partial charge in [-0.05, 0) is 36.6 Å². The van der Waals surface area contributed by atoms with Crippen molar-refractivity contribution >= 4 is 15.9 Å². The Morgan fingerprint density at radius 1 is 1.29 bits per heavy atom. The van der Waals surface area contributed by atoms with Crippen molar-refractivity contribution in [2.24, 2.45) is 5.92 Å². The Labute approximate surface area is 127 Å². The molecule has 0 saturated heterocycles. The van der Waals surface area contributed by atoms with Crippen molar-refractivity contribution in [1.82, 2.24) is 4.72 Å². The largest absolute Gasteiger partial charge is 0.395 e. The second kappa shape index (κ2) is 8.03. The molecule has 0 aromatic heterocycles. The molecular weight excluding hydrogens is 288 g/mol. The van der Waals surface area contributed by atoms with Gasteiger partial charge in [0, 0.05) is 18.5 Å². The third-order valence-corrected chi connectivity index (χ3v) is 3.53. The van der Waals surface area contributed by atoms with Gasteiger partial charge in [0.25, 0.3) is 10.2 Å². The van der Waals surface area contributed by atoms with Crippen LogP contribution >= 0.6 is 0 Å². The highest BCUT2D eigenvalue weighted by Crippen LogP contribution is 2.15. The highest BCUT2D eigenvalue weighted by atomic mass is 32.2. The summed E-state index contributed by atoms with van der Waals surface area (Å²) in [5.74, 6) is 5.95. The summed E-state index contributed by atoms with van der Waals surface area (Å²) < 4.78 is 28.8.